The molecule has 11 heavy (non-hydrogen) atoms. The first-order valence-corrected chi connectivity index (χ1v) is 4.71. The summed E-state index contributed by atoms with van der Waals surface area (Å²) in [5.74, 6) is 1.82. The number of rotatable bonds is 2. The SMILES string of the molecule is CC(CC1CNC1)C(C)(C)C. The minimum atomic E-state index is 0.496. The fourth-order valence-electron chi connectivity index (χ4n) is 1.37. The van der Waals surface area contributed by atoms with Gasteiger partial charge in [-0.3, -0.25) is 0 Å². The van der Waals surface area contributed by atoms with E-state index in [1.807, 2.05) is 0 Å². The third kappa shape index (κ3) is 2.48. The van der Waals surface area contributed by atoms with Crippen LogP contribution in [-0.2, 0) is 0 Å². The molecule has 1 atom stereocenters. The van der Waals surface area contributed by atoms with Gasteiger partial charge in [0.05, 0.1) is 0 Å². The molecular weight excluding hydrogens is 134 g/mol. The van der Waals surface area contributed by atoms with Crippen molar-refractivity contribution in [2.45, 2.75) is 34.1 Å². The van der Waals surface area contributed by atoms with Crippen molar-refractivity contribution in [2.24, 2.45) is 17.3 Å². The van der Waals surface area contributed by atoms with Gasteiger partial charge < -0.3 is 5.32 Å². The zero-order valence-electron chi connectivity index (χ0n) is 8.28. The highest BCUT2D eigenvalue weighted by atomic mass is 14.9. The van der Waals surface area contributed by atoms with Gasteiger partial charge in [-0.15, -0.1) is 0 Å². The van der Waals surface area contributed by atoms with E-state index < -0.39 is 0 Å². The van der Waals surface area contributed by atoms with Crippen molar-refractivity contribution in [2.75, 3.05) is 13.1 Å². The molecule has 1 N–H and O–H groups in total. The molecule has 0 aromatic rings. The summed E-state index contributed by atoms with van der Waals surface area (Å²) in [7, 11) is 0. The molecule has 0 saturated carbocycles. The lowest BCUT2D eigenvalue weighted by atomic mass is 9.76. The summed E-state index contributed by atoms with van der Waals surface area (Å²) in [5, 5.41) is 3.32. The van der Waals surface area contributed by atoms with E-state index in [0.29, 0.717) is 5.41 Å². The summed E-state index contributed by atoms with van der Waals surface area (Å²) < 4.78 is 0. The van der Waals surface area contributed by atoms with E-state index in [1.54, 1.807) is 0 Å². The van der Waals surface area contributed by atoms with Crippen molar-refractivity contribution in [3.8, 4) is 0 Å². The Hall–Kier alpha value is -0.0400. The van der Waals surface area contributed by atoms with Gasteiger partial charge in [-0.1, -0.05) is 27.7 Å². The van der Waals surface area contributed by atoms with Gasteiger partial charge in [0, 0.05) is 0 Å². The van der Waals surface area contributed by atoms with E-state index in [9.17, 15) is 0 Å². The first-order valence-electron chi connectivity index (χ1n) is 4.71. The molecule has 66 valence electrons. The summed E-state index contributed by atoms with van der Waals surface area (Å²) in [6.07, 6.45) is 1.40. The molecule has 1 nitrogen and oxygen atoms in total. The van der Waals surface area contributed by atoms with Crippen molar-refractivity contribution in [3.63, 3.8) is 0 Å². The maximum atomic E-state index is 3.32. The zero-order chi connectivity index (χ0) is 8.48. The van der Waals surface area contributed by atoms with Gasteiger partial charge in [0.25, 0.3) is 0 Å². The van der Waals surface area contributed by atoms with Crippen molar-refractivity contribution in [1.29, 1.82) is 0 Å². The molecular formula is C10H21N. The lowest BCUT2D eigenvalue weighted by Crippen LogP contribution is -2.43. The highest BCUT2D eigenvalue weighted by Crippen LogP contribution is 2.31. The molecule has 0 aliphatic carbocycles. The Labute approximate surface area is 70.6 Å². The smallest absolute Gasteiger partial charge is 0.000815 e. The summed E-state index contributed by atoms with van der Waals surface area (Å²) in [4.78, 5) is 0. The van der Waals surface area contributed by atoms with E-state index in [2.05, 4.69) is 33.0 Å². The maximum absolute atomic E-state index is 3.32. The molecule has 1 heteroatoms. The minimum absolute atomic E-state index is 0.496. The van der Waals surface area contributed by atoms with Gasteiger partial charge in [-0.25, -0.2) is 0 Å². The molecule has 0 bridgehead atoms. The Morgan fingerprint density at radius 2 is 1.91 bits per heavy atom. The average Bonchev–Trinajstić information content (AvgIpc) is 1.75. The third-order valence-corrected chi connectivity index (χ3v) is 3.03. The van der Waals surface area contributed by atoms with E-state index in [1.165, 1.54) is 19.5 Å². The van der Waals surface area contributed by atoms with Crippen LogP contribution in [0.3, 0.4) is 0 Å². The van der Waals surface area contributed by atoms with Crippen LogP contribution in [0.15, 0.2) is 0 Å². The van der Waals surface area contributed by atoms with Crippen molar-refractivity contribution >= 4 is 0 Å². The Bertz CT molecular complexity index is 119. The molecule has 1 unspecified atom stereocenters. The van der Waals surface area contributed by atoms with E-state index in [-0.39, 0.29) is 0 Å². The molecule has 1 saturated heterocycles. The maximum Gasteiger partial charge on any atom is -0.000815 e. The van der Waals surface area contributed by atoms with E-state index in [0.717, 1.165) is 11.8 Å². The van der Waals surface area contributed by atoms with Crippen LogP contribution in [0.4, 0.5) is 0 Å². The Morgan fingerprint density at radius 1 is 1.36 bits per heavy atom. The van der Waals surface area contributed by atoms with Crippen molar-refractivity contribution in [3.05, 3.63) is 0 Å². The van der Waals surface area contributed by atoms with Gasteiger partial charge in [-0.2, -0.15) is 0 Å². The molecule has 1 fully saturated rings. The molecule has 0 amide bonds. The van der Waals surface area contributed by atoms with Gasteiger partial charge >= 0.3 is 0 Å². The fraction of sp³-hybridized carbons (Fsp3) is 1.00. The molecule has 0 aromatic heterocycles. The first-order chi connectivity index (χ1) is 5.00. The molecule has 0 aromatic carbocycles. The highest BCUT2D eigenvalue weighted by Gasteiger charge is 2.26. The van der Waals surface area contributed by atoms with Crippen molar-refractivity contribution in [1.82, 2.24) is 5.32 Å². The molecule has 1 rings (SSSR count). The molecule has 1 heterocycles. The predicted molar refractivity (Wildman–Crippen MR) is 49.6 cm³/mol. The third-order valence-electron chi connectivity index (χ3n) is 3.03. The van der Waals surface area contributed by atoms with E-state index >= 15 is 0 Å². The lowest BCUT2D eigenvalue weighted by Gasteiger charge is -2.35. The number of hydrogen-bond donors (Lipinski definition) is 1. The normalized spacial score (nSPS) is 22.9. The van der Waals surface area contributed by atoms with Crippen LogP contribution in [0.25, 0.3) is 0 Å². The molecule has 0 radical (unpaired) electrons. The van der Waals surface area contributed by atoms with Crippen molar-refractivity contribution < 1.29 is 0 Å². The number of nitrogens with one attached hydrogen (secondary N) is 1. The Kier molecular flexibility index (Phi) is 2.58. The van der Waals surface area contributed by atoms with Gasteiger partial charge in [0.1, 0.15) is 0 Å². The van der Waals surface area contributed by atoms with Crippen LogP contribution >= 0.6 is 0 Å². The zero-order valence-corrected chi connectivity index (χ0v) is 8.28. The van der Waals surface area contributed by atoms with Crippen LogP contribution in [0, 0.1) is 17.3 Å². The molecule has 1 aliphatic rings. The lowest BCUT2D eigenvalue weighted by molar-refractivity contribution is 0.184. The largest absolute Gasteiger partial charge is 0.316 e. The predicted octanol–water partition coefficient (Wildman–Crippen LogP) is 2.28. The Balaban J connectivity index is 2.24. The minimum Gasteiger partial charge on any atom is -0.316 e. The summed E-state index contributed by atoms with van der Waals surface area (Å²) >= 11 is 0. The van der Waals surface area contributed by atoms with Crippen LogP contribution < -0.4 is 5.32 Å². The topological polar surface area (TPSA) is 12.0 Å². The molecule has 0 spiro atoms. The second-order valence-electron chi connectivity index (χ2n) is 5.03. The van der Waals surface area contributed by atoms with E-state index in [4.69, 9.17) is 0 Å². The Morgan fingerprint density at radius 3 is 2.18 bits per heavy atom. The van der Waals surface area contributed by atoms with Crippen LogP contribution in [0.1, 0.15) is 34.1 Å². The fourth-order valence-corrected chi connectivity index (χ4v) is 1.37. The number of hydrogen-bond acceptors (Lipinski definition) is 1. The standard InChI is InChI=1S/C10H21N/c1-8(10(2,3)4)5-9-6-11-7-9/h8-9,11H,5-7H2,1-4H3. The summed E-state index contributed by atoms with van der Waals surface area (Å²) in [6.45, 7) is 11.9. The summed E-state index contributed by atoms with van der Waals surface area (Å²) in [6, 6.07) is 0. The average molecular weight is 155 g/mol. The second kappa shape index (κ2) is 3.14. The highest BCUT2D eigenvalue weighted by molar-refractivity contribution is 4.80. The van der Waals surface area contributed by atoms with Gasteiger partial charge in [0.2, 0.25) is 0 Å². The monoisotopic (exact) mass is 155 g/mol. The van der Waals surface area contributed by atoms with Crippen LogP contribution in [0.5, 0.6) is 0 Å². The second-order valence-corrected chi connectivity index (χ2v) is 5.03. The van der Waals surface area contributed by atoms with Crippen LogP contribution in [-0.4, -0.2) is 13.1 Å². The first kappa shape index (κ1) is 9.05. The molecule has 1 aliphatic heterocycles. The summed E-state index contributed by atoms with van der Waals surface area (Å²) in [5.41, 5.74) is 0.496. The quantitative estimate of drug-likeness (QED) is 0.645. The van der Waals surface area contributed by atoms with Gasteiger partial charge in [0.15, 0.2) is 0 Å². The van der Waals surface area contributed by atoms with Gasteiger partial charge in [-0.05, 0) is 36.8 Å². The van der Waals surface area contributed by atoms with Crippen LogP contribution in [0.2, 0.25) is 0 Å².